The molecule has 0 saturated carbocycles. The molecule has 0 N–H and O–H groups in total. The van der Waals surface area contributed by atoms with Crippen molar-refractivity contribution in [1.82, 2.24) is 19.9 Å². The molecule has 11 rings (SSSR count). The van der Waals surface area contributed by atoms with Crippen LogP contribution in [0.3, 0.4) is 0 Å². The molecule has 0 radical (unpaired) electrons. The summed E-state index contributed by atoms with van der Waals surface area (Å²) in [5.41, 5.74) is 7.27. The maximum absolute atomic E-state index is 6.86. The zero-order valence-corrected chi connectivity index (χ0v) is 27.6. The minimum atomic E-state index is 0.517. The fourth-order valence-corrected chi connectivity index (χ4v) is 7.47. The first-order valence-electron chi connectivity index (χ1n) is 17.2. The van der Waals surface area contributed by atoms with Crippen molar-refractivity contribution in [3.8, 4) is 45.4 Å². The number of nitrogens with zero attached hydrogens (tertiary/aromatic N) is 4. The summed E-state index contributed by atoms with van der Waals surface area (Å²) in [5.74, 6) is 1.68. The van der Waals surface area contributed by atoms with Crippen LogP contribution < -0.4 is 0 Å². The third-order valence-electron chi connectivity index (χ3n) is 9.94. The Balaban J connectivity index is 1.23. The molecule has 7 aromatic carbocycles. The van der Waals surface area contributed by atoms with Crippen LogP contribution in [0.5, 0.6) is 0 Å². The van der Waals surface area contributed by atoms with Gasteiger partial charge in [-0.05, 0) is 51.9 Å². The van der Waals surface area contributed by atoms with Crippen LogP contribution in [-0.4, -0.2) is 19.9 Å². The molecule has 0 bridgehead atoms. The number of pyridine rings is 1. The number of hydrogen-bond donors (Lipinski definition) is 0. The molecule has 0 saturated heterocycles. The predicted octanol–water partition coefficient (Wildman–Crippen LogP) is 12.0. The molecule has 11 aromatic rings. The van der Waals surface area contributed by atoms with Crippen molar-refractivity contribution >= 4 is 65.4 Å². The minimum Gasteiger partial charge on any atom is -0.456 e. The smallest absolute Gasteiger partial charge is 0.166 e. The van der Waals surface area contributed by atoms with E-state index in [1.54, 1.807) is 0 Å². The molecule has 0 spiro atoms. The number of hydrogen-bond acceptors (Lipinski definition) is 6. The molecule has 0 unspecified atom stereocenters. The lowest BCUT2D eigenvalue weighted by atomic mass is 9.99. The van der Waals surface area contributed by atoms with Crippen LogP contribution in [0, 0.1) is 0 Å². The van der Waals surface area contributed by atoms with Gasteiger partial charge in [-0.1, -0.05) is 121 Å². The molecule has 52 heavy (non-hydrogen) atoms. The zero-order valence-electron chi connectivity index (χ0n) is 27.6. The molecule has 6 nitrogen and oxygen atoms in total. The van der Waals surface area contributed by atoms with Gasteiger partial charge in [0.05, 0.1) is 0 Å². The van der Waals surface area contributed by atoms with Crippen molar-refractivity contribution in [2.45, 2.75) is 0 Å². The molecule has 0 atom stereocenters. The lowest BCUT2D eigenvalue weighted by Gasteiger charge is -2.11. The van der Waals surface area contributed by atoms with Gasteiger partial charge in [0.1, 0.15) is 22.4 Å². The Morgan fingerprint density at radius 1 is 0.385 bits per heavy atom. The summed E-state index contributed by atoms with van der Waals surface area (Å²) in [6.45, 7) is 0. The molecule has 0 aliphatic heterocycles. The highest BCUT2D eigenvalue weighted by atomic mass is 16.3. The minimum absolute atomic E-state index is 0.517. The van der Waals surface area contributed by atoms with E-state index in [9.17, 15) is 0 Å². The molecule has 0 aliphatic rings. The first-order chi connectivity index (χ1) is 25.7. The van der Waals surface area contributed by atoms with Crippen LogP contribution in [0.25, 0.3) is 111 Å². The highest BCUT2D eigenvalue weighted by Gasteiger charge is 2.24. The van der Waals surface area contributed by atoms with Crippen molar-refractivity contribution in [1.29, 1.82) is 0 Å². The maximum Gasteiger partial charge on any atom is 0.166 e. The fraction of sp³-hybridized carbons (Fsp3) is 0. The van der Waals surface area contributed by atoms with Gasteiger partial charge >= 0.3 is 0 Å². The van der Waals surface area contributed by atoms with Gasteiger partial charge in [0, 0.05) is 50.0 Å². The summed E-state index contributed by atoms with van der Waals surface area (Å²) in [5, 5.41) is 8.36. The number of aromatic nitrogens is 4. The van der Waals surface area contributed by atoms with E-state index in [4.69, 9.17) is 28.8 Å². The molecule has 0 fully saturated rings. The number of furan rings is 2. The lowest BCUT2D eigenvalue weighted by Crippen LogP contribution is -2.01. The Morgan fingerprint density at radius 2 is 1.06 bits per heavy atom. The topological polar surface area (TPSA) is 77.8 Å². The Bertz CT molecular complexity index is 3200. The summed E-state index contributed by atoms with van der Waals surface area (Å²) >= 11 is 0. The van der Waals surface area contributed by atoms with Crippen LogP contribution in [-0.2, 0) is 0 Å². The fourth-order valence-electron chi connectivity index (χ4n) is 7.47. The third-order valence-corrected chi connectivity index (χ3v) is 9.94. The number of fused-ring (bicyclic) bond motifs is 8. The highest BCUT2D eigenvalue weighted by Crippen LogP contribution is 2.44. The van der Waals surface area contributed by atoms with Gasteiger partial charge in [0.2, 0.25) is 0 Å². The lowest BCUT2D eigenvalue weighted by molar-refractivity contribution is 0.668. The molecule has 6 heteroatoms. The zero-order chi connectivity index (χ0) is 34.2. The largest absolute Gasteiger partial charge is 0.456 e. The van der Waals surface area contributed by atoms with E-state index in [0.717, 1.165) is 87.8 Å². The second-order valence-electron chi connectivity index (χ2n) is 13.0. The standard InChI is InChI=1S/C46H26N4O2/c1-2-12-28(13-3-1)44-48-45(32-22-21-27-11-4-5-14-29(27)23-32)50-46(49-44)36-26-47-42(34-18-10-20-38-40(34)33-17-8-9-19-37(33)51-38)43-41(36)35-24-30-15-6-7-16-31(30)25-39(35)52-43/h1-26H. The van der Waals surface area contributed by atoms with E-state index in [2.05, 4.69) is 72.8 Å². The second-order valence-corrected chi connectivity index (χ2v) is 13.0. The summed E-state index contributed by atoms with van der Waals surface area (Å²) in [7, 11) is 0. The molecule has 4 aromatic heterocycles. The van der Waals surface area contributed by atoms with Crippen LogP contribution in [0.4, 0.5) is 0 Å². The van der Waals surface area contributed by atoms with Gasteiger partial charge in [-0.3, -0.25) is 4.98 Å². The maximum atomic E-state index is 6.86. The van der Waals surface area contributed by atoms with Gasteiger partial charge < -0.3 is 8.83 Å². The Labute approximate surface area is 296 Å². The Kier molecular flexibility index (Phi) is 6.15. The van der Waals surface area contributed by atoms with Gasteiger partial charge in [0.25, 0.3) is 0 Å². The summed E-state index contributed by atoms with van der Waals surface area (Å²) in [6, 6.07) is 51.5. The first kappa shape index (κ1) is 28.6. The average molecular weight is 667 g/mol. The first-order valence-corrected chi connectivity index (χ1v) is 17.2. The number of benzene rings is 7. The van der Waals surface area contributed by atoms with Crippen molar-refractivity contribution in [3.63, 3.8) is 0 Å². The predicted molar refractivity (Wildman–Crippen MR) is 209 cm³/mol. The van der Waals surface area contributed by atoms with E-state index in [-0.39, 0.29) is 0 Å². The van der Waals surface area contributed by atoms with Gasteiger partial charge in [-0.2, -0.15) is 0 Å². The summed E-state index contributed by atoms with van der Waals surface area (Å²) in [4.78, 5) is 20.5. The normalized spacial score (nSPS) is 11.8. The van der Waals surface area contributed by atoms with Crippen molar-refractivity contribution in [2.24, 2.45) is 0 Å². The Morgan fingerprint density at radius 3 is 1.90 bits per heavy atom. The summed E-state index contributed by atoms with van der Waals surface area (Å²) in [6.07, 6.45) is 1.89. The molecule has 0 amide bonds. The van der Waals surface area contributed by atoms with Crippen molar-refractivity contribution in [3.05, 3.63) is 158 Å². The number of para-hydroxylation sites is 1. The van der Waals surface area contributed by atoms with E-state index < -0.39 is 0 Å². The molecular formula is C46H26N4O2. The van der Waals surface area contributed by atoms with E-state index in [0.29, 0.717) is 23.1 Å². The van der Waals surface area contributed by atoms with Gasteiger partial charge in [0.15, 0.2) is 23.1 Å². The molecule has 4 heterocycles. The summed E-state index contributed by atoms with van der Waals surface area (Å²) < 4.78 is 13.1. The van der Waals surface area contributed by atoms with Crippen molar-refractivity contribution in [2.75, 3.05) is 0 Å². The molecular weight excluding hydrogens is 641 g/mol. The number of rotatable bonds is 4. The van der Waals surface area contributed by atoms with Crippen molar-refractivity contribution < 1.29 is 8.83 Å². The molecule has 0 aliphatic carbocycles. The van der Waals surface area contributed by atoms with E-state index in [1.807, 2.05) is 85.1 Å². The van der Waals surface area contributed by atoms with E-state index in [1.165, 1.54) is 0 Å². The van der Waals surface area contributed by atoms with Crippen LogP contribution in [0.2, 0.25) is 0 Å². The van der Waals surface area contributed by atoms with Crippen LogP contribution >= 0.6 is 0 Å². The SMILES string of the molecule is c1ccc(-c2nc(-c3ccc4ccccc4c3)nc(-c3cnc(-c4cccc5oc6ccccc6c45)c4oc5cc6ccccc6cc5c34)n2)cc1. The monoisotopic (exact) mass is 666 g/mol. The average Bonchev–Trinajstić information content (AvgIpc) is 3.78. The molecule has 242 valence electrons. The quantitative estimate of drug-likeness (QED) is 0.186. The van der Waals surface area contributed by atoms with Gasteiger partial charge in [-0.15, -0.1) is 0 Å². The van der Waals surface area contributed by atoms with E-state index >= 15 is 0 Å². The Hall–Kier alpha value is -7.18. The highest BCUT2D eigenvalue weighted by molar-refractivity contribution is 6.20. The third kappa shape index (κ3) is 4.44. The van der Waals surface area contributed by atoms with Crippen LogP contribution in [0.15, 0.2) is 167 Å². The second kappa shape index (κ2) is 11.2. The van der Waals surface area contributed by atoms with Crippen LogP contribution in [0.1, 0.15) is 0 Å². The van der Waals surface area contributed by atoms with Gasteiger partial charge in [-0.25, -0.2) is 15.0 Å².